The number of nitrogens with zero attached hydrogens (tertiary/aromatic N) is 2. The van der Waals surface area contributed by atoms with Crippen molar-refractivity contribution in [2.75, 3.05) is 0 Å². The number of aromatic nitrogens is 1. The Morgan fingerprint density at radius 1 is 0.848 bits per heavy atom. The first kappa shape index (κ1) is 20.7. The molecule has 158 valence electrons. The van der Waals surface area contributed by atoms with Gasteiger partial charge in [-0.25, -0.2) is 9.37 Å². The third-order valence-corrected chi connectivity index (χ3v) is 5.53. The van der Waals surface area contributed by atoms with Gasteiger partial charge in [-0.15, -0.1) is 0 Å². The third-order valence-electron chi connectivity index (χ3n) is 5.30. The quantitative estimate of drug-likeness (QED) is 0.278. The minimum Gasteiger partial charge on any atom is -0.454 e. The number of hydrogen-bond acceptors (Lipinski definition) is 3. The molecule has 0 saturated carbocycles. The summed E-state index contributed by atoms with van der Waals surface area (Å²) in [5.74, 6) is 0.534. The van der Waals surface area contributed by atoms with Gasteiger partial charge in [0.2, 0.25) is 0 Å². The zero-order valence-corrected chi connectivity index (χ0v) is 18.1. The first-order chi connectivity index (χ1) is 16.1. The topological polar surface area (TPSA) is 45.9 Å². The van der Waals surface area contributed by atoms with Crippen LogP contribution < -0.4 is 4.74 Å². The van der Waals surface area contributed by atoms with Crippen molar-refractivity contribution in [1.82, 2.24) is 4.98 Å². The molecule has 0 fully saturated rings. The Morgan fingerprint density at radius 3 is 2.30 bits per heavy atom. The van der Waals surface area contributed by atoms with Crippen LogP contribution in [-0.2, 0) is 0 Å². The van der Waals surface area contributed by atoms with Gasteiger partial charge in [0.1, 0.15) is 17.3 Å². The fraction of sp³-hybridized carbons (Fsp3) is 0. The maximum atomic E-state index is 15.1. The van der Waals surface area contributed by atoms with Crippen LogP contribution in [0.1, 0.15) is 5.56 Å². The first-order valence-corrected chi connectivity index (χ1v) is 10.6. The van der Waals surface area contributed by atoms with Crippen LogP contribution in [0.15, 0.2) is 97.1 Å². The van der Waals surface area contributed by atoms with E-state index in [0.29, 0.717) is 49.8 Å². The molecule has 0 aliphatic rings. The van der Waals surface area contributed by atoms with E-state index in [-0.39, 0.29) is 5.82 Å². The summed E-state index contributed by atoms with van der Waals surface area (Å²) >= 11 is 6.33. The Bertz CT molecular complexity index is 1510. The van der Waals surface area contributed by atoms with Crippen molar-refractivity contribution in [3.05, 3.63) is 113 Å². The van der Waals surface area contributed by atoms with Crippen molar-refractivity contribution in [2.45, 2.75) is 0 Å². The zero-order valence-electron chi connectivity index (χ0n) is 17.3. The van der Waals surface area contributed by atoms with Gasteiger partial charge in [0, 0.05) is 27.1 Å². The molecule has 0 unspecified atom stereocenters. The van der Waals surface area contributed by atoms with Crippen molar-refractivity contribution < 1.29 is 9.13 Å². The van der Waals surface area contributed by atoms with Crippen molar-refractivity contribution in [2.24, 2.45) is 0 Å². The van der Waals surface area contributed by atoms with Gasteiger partial charge >= 0.3 is 0 Å². The Kier molecular flexibility index (Phi) is 5.48. The van der Waals surface area contributed by atoms with E-state index in [1.54, 1.807) is 54.6 Å². The number of rotatable bonds is 4. The Balaban J connectivity index is 1.86. The number of ether oxygens (including phenoxy) is 1. The summed E-state index contributed by atoms with van der Waals surface area (Å²) in [7, 11) is 0. The Hall–Kier alpha value is -4.20. The average molecular weight is 451 g/mol. The van der Waals surface area contributed by atoms with Crippen molar-refractivity contribution in [3.63, 3.8) is 0 Å². The molecule has 0 bridgehead atoms. The van der Waals surface area contributed by atoms with Crippen LogP contribution in [0, 0.1) is 17.1 Å². The van der Waals surface area contributed by atoms with E-state index in [1.165, 1.54) is 6.07 Å². The number of fused-ring (bicyclic) bond motifs is 1. The standard InChI is InChI=1S/C28H16ClFN2O/c29-20-12-15-25-23(16-20)26(22-8-4-5-9-24(22)30)28(27(32-25)19-6-2-1-3-7-19)33-21-13-10-18(17-31)11-14-21/h1-16H. The van der Waals surface area contributed by atoms with Crippen molar-refractivity contribution >= 4 is 22.5 Å². The second-order valence-corrected chi connectivity index (χ2v) is 7.85. The SMILES string of the molecule is N#Cc1ccc(Oc2c(-c3ccccc3)nc3ccc(Cl)cc3c2-c2ccccc2F)cc1. The molecular weight excluding hydrogens is 435 g/mol. The highest BCUT2D eigenvalue weighted by molar-refractivity contribution is 6.31. The molecule has 0 saturated heterocycles. The third kappa shape index (κ3) is 4.03. The second-order valence-electron chi connectivity index (χ2n) is 7.41. The van der Waals surface area contributed by atoms with Gasteiger partial charge in [0.25, 0.3) is 0 Å². The van der Waals surface area contributed by atoms with Crippen molar-refractivity contribution in [1.29, 1.82) is 5.26 Å². The van der Waals surface area contributed by atoms with Gasteiger partial charge in [-0.2, -0.15) is 5.26 Å². The summed E-state index contributed by atoms with van der Waals surface area (Å²) in [6.45, 7) is 0. The minimum absolute atomic E-state index is 0.381. The number of pyridine rings is 1. The van der Waals surface area contributed by atoms with Crippen LogP contribution in [0.2, 0.25) is 5.02 Å². The lowest BCUT2D eigenvalue weighted by Crippen LogP contribution is -1.98. The second kappa shape index (κ2) is 8.74. The fourth-order valence-corrected chi connectivity index (χ4v) is 3.93. The van der Waals surface area contributed by atoms with Crippen LogP contribution in [0.4, 0.5) is 4.39 Å². The van der Waals surface area contributed by atoms with Crippen LogP contribution in [-0.4, -0.2) is 4.98 Å². The molecule has 3 nitrogen and oxygen atoms in total. The van der Waals surface area contributed by atoms with E-state index < -0.39 is 0 Å². The normalized spacial score (nSPS) is 10.7. The highest BCUT2D eigenvalue weighted by Crippen LogP contribution is 2.45. The monoisotopic (exact) mass is 450 g/mol. The number of nitriles is 1. The predicted molar refractivity (Wildman–Crippen MR) is 129 cm³/mol. The molecule has 0 amide bonds. The van der Waals surface area contributed by atoms with Gasteiger partial charge in [0.05, 0.1) is 17.1 Å². The van der Waals surface area contributed by atoms with E-state index in [9.17, 15) is 0 Å². The summed E-state index contributed by atoms with van der Waals surface area (Å²) in [5, 5.41) is 10.3. The molecule has 5 rings (SSSR count). The first-order valence-electron chi connectivity index (χ1n) is 10.3. The number of hydrogen-bond donors (Lipinski definition) is 0. The van der Waals surface area contributed by atoms with Crippen molar-refractivity contribution in [3.8, 4) is 40.0 Å². The van der Waals surface area contributed by atoms with Gasteiger partial charge in [-0.05, 0) is 48.5 Å². The molecule has 1 heterocycles. The number of benzene rings is 4. The van der Waals surface area contributed by atoms with Gasteiger partial charge in [-0.1, -0.05) is 60.1 Å². The summed E-state index contributed by atoms with van der Waals surface area (Å²) in [5.41, 5.74) is 3.53. The summed E-state index contributed by atoms with van der Waals surface area (Å²) < 4.78 is 21.5. The molecular formula is C28H16ClFN2O. The van der Waals surface area contributed by atoms with Gasteiger partial charge in [0.15, 0.2) is 5.75 Å². The van der Waals surface area contributed by atoms with Gasteiger partial charge in [-0.3, -0.25) is 0 Å². The molecule has 0 N–H and O–H groups in total. The number of halogens is 2. The predicted octanol–water partition coefficient (Wildman–Crippen LogP) is 8.03. The average Bonchev–Trinajstić information content (AvgIpc) is 2.85. The lowest BCUT2D eigenvalue weighted by molar-refractivity contribution is 0.484. The fourth-order valence-electron chi connectivity index (χ4n) is 3.76. The summed E-state index contributed by atoms with van der Waals surface area (Å²) in [6.07, 6.45) is 0. The zero-order chi connectivity index (χ0) is 22.8. The smallest absolute Gasteiger partial charge is 0.162 e. The van der Waals surface area contributed by atoms with Crippen LogP contribution in [0.3, 0.4) is 0 Å². The van der Waals surface area contributed by atoms with Crippen LogP contribution >= 0.6 is 11.6 Å². The maximum Gasteiger partial charge on any atom is 0.162 e. The summed E-state index contributed by atoms with van der Waals surface area (Å²) in [6, 6.07) is 30.4. The highest BCUT2D eigenvalue weighted by Gasteiger charge is 2.22. The minimum atomic E-state index is -0.381. The Morgan fingerprint density at radius 2 is 1.58 bits per heavy atom. The highest BCUT2D eigenvalue weighted by atomic mass is 35.5. The lowest BCUT2D eigenvalue weighted by Gasteiger charge is -2.19. The molecule has 0 atom stereocenters. The molecule has 1 aromatic heterocycles. The summed E-state index contributed by atoms with van der Waals surface area (Å²) in [4.78, 5) is 4.87. The molecule has 0 spiro atoms. The molecule has 5 heteroatoms. The molecule has 5 aromatic rings. The molecule has 4 aromatic carbocycles. The molecule has 33 heavy (non-hydrogen) atoms. The Labute approximate surface area is 195 Å². The molecule has 0 aliphatic heterocycles. The lowest BCUT2D eigenvalue weighted by atomic mass is 9.96. The largest absolute Gasteiger partial charge is 0.454 e. The van der Waals surface area contributed by atoms with E-state index in [4.69, 9.17) is 26.6 Å². The van der Waals surface area contributed by atoms with Gasteiger partial charge < -0.3 is 4.74 Å². The van der Waals surface area contributed by atoms with E-state index in [0.717, 1.165) is 5.56 Å². The van der Waals surface area contributed by atoms with E-state index >= 15 is 4.39 Å². The maximum absolute atomic E-state index is 15.1. The van der Waals surface area contributed by atoms with E-state index in [2.05, 4.69) is 6.07 Å². The molecule has 0 radical (unpaired) electrons. The van der Waals surface area contributed by atoms with E-state index in [1.807, 2.05) is 36.4 Å². The van der Waals surface area contributed by atoms with Crippen LogP contribution in [0.25, 0.3) is 33.3 Å². The van der Waals surface area contributed by atoms with Crippen LogP contribution in [0.5, 0.6) is 11.5 Å². The molecule has 0 aliphatic carbocycles.